The van der Waals surface area contributed by atoms with Gasteiger partial charge < -0.3 is 21.1 Å². The zero-order valence-electron chi connectivity index (χ0n) is 11.3. The van der Waals surface area contributed by atoms with Crippen LogP contribution in [0.3, 0.4) is 0 Å². The molecule has 2 aromatic rings. The number of nitrogens with zero attached hydrogens (tertiary/aromatic N) is 1. The quantitative estimate of drug-likeness (QED) is 0.632. The number of carbonyl (C=O) groups excluding carboxylic acids is 1. The fraction of sp³-hybridized carbons (Fsp3) is 0.333. The van der Waals surface area contributed by atoms with Gasteiger partial charge in [-0.2, -0.15) is 0 Å². The summed E-state index contributed by atoms with van der Waals surface area (Å²) in [4.78, 5) is 17.7. The molecule has 114 valence electrons. The van der Waals surface area contributed by atoms with Gasteiger partial charge >= 0.3 is 0 Å². The second kappa shape index (κ2) is 7.74. The van der Waals surface area contributed by atoms with Crippen molar-refractivity contribution in [1.82, 2.24) is 10.3 Å². The summed E-state index contributed by atoms with van der Waals surface area (Å²) < 4.78 is 5.97. The van der Waals surface area contributed by atoms with Crippen LogP contribution in [0.25, 0.3) is 0 Å². The molecule has 2 rings (SSSR count). The zero-order chi connectivity index (χ0) is 15.2. The maximum Gasteiger partial charge on any atom is 0.265 e. The molecule has 0 aromatic carbocycles. The minimum atomic E-state index is -0.214. The molecule has 2 heterocycles. The Balaban J connectivity index is 1.92. The van der Waals surface area contributed by atoms with E-state index in [0.717, 1.165) is 8.66 Å². The summed E-state index contributed by atoms with van der Waals surface area (Å²) in [6.45, 7) is 1.65. The van der Waals surface area contributed by atoms with Gasteiger partial charge in [0.05, 0.1) is 16.9 Å². The normalized spacial score (nSPS) is 10.6. The lowest BCUT2D eigenvalue weighted by molar-refractivity contribution is 0.0956. The Hall–Kier alpha value is -1.16. The predicted octanol–water partition coefficient (Wildman–Crippen LogP) is 2.54. The van der Waals surface area contributed by atoms with Crippen molar-refractivity contribution in [2.24, 2.45) is 0 Å². The minimum absolute atomic E-state index is 0.214. The number of amides is 1. The number of thiazole rings is 1. The lowest BCUT2D eigenvalue weighted by atomic mass is 10.4. The summed E-state index contributed by atoms with van der Waals surface area (Å²) >= 11 is 6.21. The summed E-state index contributed by atoms with van der Waals surface area (Å²) in [7, 11) is 1.62. The molecule has 0 radical (unpaired) electrons. The highest BCUT2D eigenvalue weighted by molar-refractivity contribution is 9.11. The van der Waals surface area contributed by atoms with Crippen molar-refractivity contribution in [3.63, 3.8) is 0 Å². The van der Waals surface area contributed by atoms with Crippen LogP contribution < -0.4 is 16.4 Å². The highest BCUT2D eigenvalue weighted by Gasteiger charge is 2.16. The van der Waals surface area contributed by atoms with Crippen LogP contribution in [0.4, 0.5) is 10.9 Å². The number of thiophene rings is 1. The van der Waals surface area contributed by atoms with Crippen molar-refractivity contribution in [2.75, 3.05) is 31.3 Å². The van der Waals surface area contributed by atoms with E-state index in [1.165, 1.54) is 11.3 Å². The Bertz CT molecular complexity index is 614. The first-order chi connectivity index (χ1) is 10.1. The van der Waals surface area contributed by atoms with Gasteiger partial charge in [-0.25, -0.2) is 4.98 Å². The highest BCUT2D eigenvalue weighted by Crippen LogP contribution is 2.25. The number of nitrogens with one attached hydrogen (secondary N) is 2. The third kappa shape index (κ3) is 4.67. The number of ether oxygens (including phenoxy) is 1. The van der Waals surface area contributed by atoms with Crippen LogP contribution in [-0.4, -0.2) is 31.2 Å². The van der Waals surface area contributed by atoms with Crippen molar-refractivity contribution in [1.29, 1.82) is 0 Å². The maximum atomic E-state index is 12.1. The standard InChI is InChI=1S/C12H15BrN4O2S2/c1-19-5-4-15-12-17-10(14)9(21-12)11(18)16-6-7-2-3-8(13)20-7/h2-3H,4-6,14H2,1H3,(H,15,17)(H,16,18). The molecule has 0 unspecified atom stereocenters. The molecular weight excluding hydrogens is 376 g/mol. The Morgan fingerprint density at radius 1 is 1.48 bits per heavy atom. The Labute approximate surface area is 138 Å². The first-order valence-corrected chi connectivity index (χ1v) is 8.54. The number of halogens is 1. The smallest absolute Gasteiger partial charge is 0.265 e. The SMILES string of the molecule is COCCNc1nc(N)c(C(=O)NCc2ccc(Br)s2)s1. The first-order valence-electron chi connectivity index (χ1n) is 6.11. The average molecular weight is 391 g/mol. The van der Waals surface area contributed by atoms with E-state index in [1.807, 2.05) is 12.1 Å². The minimum Gasteiger partial charge on any atom is -0.383 e. The lowest BCUT2D eigenvalue weighted by Crippen LogP contribution is -2.22. The van der Waals surface area contributed by atoms with Crippen molar-refractivity contribution in [2.45, 2.75) is 6.54 Å². The third-order valence-electron chi connectivity index (χ3n) is 2.49. The van der Waals surface area contributed by atoms with Crippen molar-refractivity contribution >= 4 is 55.5 Å². The van der Waals surface area contributed by atoms with Gasteiger partial charge in [0, 0.05) is 18.5 Å². The number of aromatic nitrogens is 1. The van der Waals surface area contributed by atoms with Crippen LogP contribution in [0.15, 0.2) is 15.9 Å². The Morgan fingerprint density at radius 2 is 2.29 bits per heavy atom. The van der Waals surface area contributed by atoms with E-state index in [2.05, 4.69) is 31.5 Å². The molecule has 2 aromatic heterocycles. The molecule has 0 aliphatic rings. The second-order valence-electron chi connectivity index (χ2n) is 4.04. The number of anilines is 2. The molecule has 0 saturated heterocycles. The molecule has 0 aliphatic carbocycles. The number of hydrogen-bond donors (Lipinski definition) is 3. The van der Waals surface area contributed by atoms with Crippen molar-refractivity contribution in [3.8, 4) is 0 Å². The van der Waals surface area contributed by atoms with Crippen LogP contribution >= 0.6 is 38.6 Å². The summed E-state index contributed by atoms with van der Waals surface area (Å²) in [5.74, 6) is 0.0269. The second-order valence-corrected chi connectivity index (χ2v) is 7.59. The van der Waals surface area contributed by atoms with E-state index < -0.39 is 0 Å². The number of nitrogen functional groups attached to an aromatic ring is 1. The maximum absolute atomic E-state index is 12.1. The van der Waals surface area contributed by atoms with Gasteiger partial charge in [-0.1, -0.05) is 11.3 Å². The van der Waals surface area contributed by atoms with E-state index in [9.17, 15) is 4.79 Å². The largest absolute Gasteiger partial charge is 0.383 e. The van der Waals surface area contributed by atoms with E-state index in [0.29, 0.717) is 29.7 Å². The summed E-state index contributed by atoms with van der Waals surface area (Å²) in [6.07, 6.45) is 0. The third-order valence-corrected chi connectivity index (χ3v) is 5.15. The number of rotatable bonds is 7. The zero-order valence-corrected chi connectivity index (χ0v) is 14.5. The fourth-order valence-electron chi connectivity index (χ4n) is 1.52. The van der Waals surface area contributed by atoms with E-state index >= 15 is 0 Å². The first kappa shape index (κ1) is 16.2. The molecule has 21 heavy (non-hydrogen) atoms. The van der Waals surface area contributed by atoms with Crippen LogP contribution in [0.2, 0.25) is 0 Å². The van der Waals surface area contributed by atoms with Gasteiger partial charge in [0.25, 0.3) is 5.91 Å². The van der Waals surface area contributed by atoms with Gasteiger partial charge in [-0.15, -0.1) is 11.3 Å². The van der Waals surface area contributed by atoms with Crippen LogP contribution in [-0.2, 0) is 11.3 Å². The van der Waals surface area contributed by atoms with Crippen LogP contribution in [0.5, 0.6) is 0 Å². The molecular formula is C12H15BrN4O2S2. The average Bonchev–Trinajstić information content (AvgIpc) is 3.03. The molecule has 0 spiro atoms. The monoisotopic (exact) mass is 390 g/mol. The number of methoxy groups -OCH3 is 1. The predicted molar refractivity (Wildman–Crippen MR) is 90.1 cm³/mol. The van der Waals surface area contributed by atoms with Gasteiger partial charge in [0.1, 0.15) is 10.7 Å². The molecule has 1 amide bonds. The van der Waals surface area contributed by atoms with Crippen LogP contribution in [0, 0.1) is 0 Å². The van der Waals surface area contributed by atoms with E-state index in [-0.39, 0.29) is 11.7 Å². The molecule has 0 atom stereocenters. The highest BCUT2D eigenvalue weighted by atomic mass is 79.9. The fourth-order valence-corrected chi connectivity index (χ4v) is 3.77. The molecule has 0 fully saturated rings. The number of hydrogen-bond acceptors (Lipinski definition) is 7. The van der Waals surface area contributed by atoms with Gasteiger partial charge in [0.15, 0.2) is 5.13 Å². The molecule has 4 N–H and O–H groups in total. The summed E-state index contributed by atoms with van der Waals surface area (Å²) in [6, 6.07) is 3.91. The van der Waals surface area contributed by atoms with Crippen LogP contribution in [0.1, 0.15) is 14.5 Å². The van der Waals surface area contributed by atoms with Gasteiger partial charge in [-0.05, 0) is 28.1 Å². The van der Waals surface area contributed by atoms with E-state index in [1.54, 1.807) is 18.4 Å². The summed E-state index contributed by atoms with van der Waals surface area (Å²) in [5, 5.41) is 6.51. The van der Waals surface area contributed by atoms with Gasteiger partial charge in [0.2, 0.25) is 0 Å². The number of carbonyl (C=O) groups is 1. The summed E-state index contributed by atoms with van der Waals surface area (Å²) in [5.41, 5.74) is 5.78. The van der Waals surface area contributed by atoms with E-state index in [4.69, 9.17) is 10.5 Å². The molecule has 0 saturated carbocycles. The Kier molecular flexibility index (Phi) is 5.97. The Morgan fingerprint density at radius 3 is 2.95 bits per heavy atom. The molecule has 9 heteroatoms. The number of nitrogens with two attached hydrogens (primary N) is 1. The molecule has 0 bridgehead atoms. The van der Waals surface area contributed by atoms with Gasteiger partial charge in [-0.3, -0.25) is 4.79 Å². The molecule has 0 aliphatic heterocycles. The van der Waals surface area contributed by atoms with Crippen molar-refractivity contribution < 1.29 is 9.53 Å². The molecule has 6 nitrogen and oxygen atoms in total. The van der Waals surface area contributed by atoms with Crippen molar-refractivity contribution in [3.05, 3.63) is 25.7 Å². The lowest BCUT2D eigenvalue weighted by Gasteiger charge is -2.01. The topological polar surface area (TPSA) is 89.3 Å².